The maximum absolute atomic E-state index is 12.5. The molecule has 0 amide bonds. The normalized spacial score (nSPS) is 21.2. The summed E-state index contributed by atoms with van der Waals surface area (Å²) in [5.41, 5.74) is 0.945. The van der Waals surface area contributed by atoms with E-state index in [2.05, 4.69) is 21.0 Å². The fourth-order valence-electron chi connectivity index (χ4n) is 4.94. The fraction of sp³-hybridized carbons (Fsp3) is 0.462. The topological polar surface area (TPSA) is 96.5 Å². The zero-order valence-electron chi connectivity index (χ0n) is 19.9. The molecule has 2 fully saturated rings. The quantitative estimate of drug-likeness (QED) is 0.492. The lowest BCUT2D eigenvalue weighted by atomic mass is 9.82. The van der Waals surface area contributed by atoms with Gasteiger partial charge in [-0.05, 0) is 61.8 Å². The van der Waals surface area contributed by atoms with Crippen molar-refractivity contribution in [1.29, 1.82) is 0 Å². The fourth-order valence-corrected chi connectivity index (χ4v) is 6.08. The lowest BCUT2D eigenvalue weighted by Gasteiger charge is -2.30. The first-order valence-corrected chi connectivity index (χ1v) is 13.9. The van der Waals surface area contributed by atoms with E-state index in [1.807, 2.05) is 24.3 Å². The Morgan fingerprint density at radius 1 is 0.857 bits per heavy atom. The molecule has 1 aromatic heterocycles. The van der Waals surface area contributed by atoms with Crippen LogP contribution in [-0.2, 0) is 14.8 Å². The van der Waals surface area contributed by atoms with E-state index in [1.54, 1.807) is 24.3 Å². The molecule has 0 unspecified atom stereocenters. The minimum atomic E-state index is -3.44. The Morgan fingerprint density at radius 3 is 2.26 bits per heavy atom. The standard InChI is InChI=1S/C26H33N5O3S/c32-35(33,22-6-2-1-3-7-22)28-19-21-12-10-20(11-13-21)18-27-26-29-24-9-5-4-8-23(24)25(30-26)31-14-16-34-17-15-31/h1-9,20-21,28H,10-19H2,(H,27,29,30)/t20-,21-. The molecule has 2 N–H and O–H groups in total. The predicted molar refractivity (Wildman–Crippen MR) is 138 cm³/mol. The van der Waals surface area contributed by atoms with Gasteiger partial charge in [0.15, 0.2) is 0 Å². The van der Waals surface area contributed by atoms with E-state index >= 15 is 0 Å². The van der Waals surface area contributed by atoms with Gasteiger partial charge in [-0.15, -0.1) is 0 Å². The van der Waals surface area contributed by atoms with Gasteiger partial charge in [0.05, 0.1) is 23.6 Å². The monoisotopic (exact) mass is 495 g/mol. The predicted octanol–water partition coefficient (Wildman–Crippen LogP) is 3.66. The molecule has 2 heterocycles. The molecule has 186 valence electrons. The molecule has 0 bridgehead atoms. The van der Waals surface area contributed by atoms with E-state index < -0.39 is 10.0 Å². The maximum Gasteiger partial charge on any atom is 0.240 e. The number of para-hydroxylation sites is 1. The second-order valence-electron chi connectivity index (χ2n) is 9.42. The Hall–Kier alpha value is -2.75. The number of nitrogens with zero attached hydrogens (tertiary/aromatic N) is 3. The van der Waals surface area contributed by atoms with Gasteiger partial charge in [-0.25, -0.2) is 18.1 Å². The summed E-state index contributed by atoms with van der Waals surface area (Å²) >= 11 is 0. The van der Waals surface area contributed by atoms with E-state index in [4.69, 9.17) is 14.7 Å². The highest BCUT2D eigenvalue weighted by Gasteiger charge is 2.24. The first-order valence-electron chi connectivity index (χ1n) is 12.5. The van der Waals surface area contributed by atoms with E-state index in [1.165, 1.54) is 0 Å². The Bertz CT molecular complexity index is 1220. The van der Waals surface area contributed by atoms with E-state index in [-0.39, 0.29) is 0 Å². The van der Waals surface area contributed by atoms with Crippen LogP contribution in [0.5, 0.6) is 0 Å². The highest BCUT2D eigenvalue weighted by atomic mass is 32.2. The summed E-state index contributed by atoms with van der Waals surface area (Å²) < 4.78 is 33.3. The number of rotatable bonds is 8. The summed E-state index contributed by atoms with van der Waals surface area (Å²) in [6.07, 6.45) is 4.16. The number of hydrogen-bond donors (Lipinski definition) is 2. The first-order chi connectivity index (χ1) is 17.1. The van der Waals surface area contributed by atoms with Gasteiger partial charge in [0.25, 0.3) is 0 Å². The van der Waals surface area contributed by atoms with Crippen molar-refractivity contribution in [2.24, 2.45) is 11.8 Å². The molecular weight excluding hydrogens is 462 g/mol. The van der Waals surface area contributed by atoms with Crippen molar-refractivity contribution in [3.63, 3.8) is 0 Å². The lowest BCUT2D eigenvalue weighted by Crippen LogP contribution is -2.37. The zero-order valence-corrected chi connectivity index (χ0v) is 20.7. The Morgan fingerprint density at radius 2 is 1.51 bits per heavy atom. The lowest BCUT2D eigenvalue weighted by molar-refractivity contribution is 0.122. The largest absolute Gasteiger partial charge is 0.378 e. The smallest absolute Gasteiger partial charge is 0.240 e. The molecule has 1 aliphatic carbocycles. The Labute approximate surface area is 207 Å². The highest BCUT2D eigenvalue weighted by molar-refractivity contribution is 7.89. The van der Waals surface area contributed by atoms with Crippen molar-refractivity contribution in [1.82, 2.24) is 14.7 Å². The summed E-state index contributed by atoms with van der Waals surface area (Å²) in [6, 6.07) is 16.7. The van der Waals surface area contributed by atoms with Gasteiger partial charge >= 0.3 is 0 Å². The van der Waals surface area contributed by atoms with Crippen molar-refractivity contribution < 1.29 is 13.2 Å². The van der Waals surface area contributed by atoms with Gasteiger partial charge in [0.2, 0.25) is 16.0 Å². The van der Waals surface area contributed by atoms with Crippen molar-refractivity contribution in [3.8, 4) is 0 Å². The Balaban J connectivity index is 1.15. The molecule has 2 aromatic carbocycles. The van der Waals surface area contributed by atoms with Gasteiger partial charge in [-0.1, -0.05) is 30.3 Å². The van der Waals surface area contributed by atoms with Gasteiger partial charge in [0, 0.05) is 31.6 Å². The molecule has 1 saturated carbocycles. The van der Waals surface area contributed by atoms with Crippen LogP contribution in [-0.4, -0.2) is 57.8 Å². The molecule has 5 rings (SSSR count). The molecule has 1 aliphatic heterocycles. The maximum atomic E-state index is 12.5. The van der Waals surface area contributed by atoms with Crippen LogP contribution in [0.25, 0.3) is 10.9 Å². The second-order valence-corrected chi connectivity index (χ2v) is 11.2. The number of nitrogens with one attached hydrogen (secondary N) is 2. The number of hydrogen-bond acceptors (Lipinski definition) is 7. The summed E-state index contributed by atoms with van der Waals surface area (Å²) in [5.74, 6) is 2.53. The van der Waals surface area contributed by atoms with Crippen molar-refractivity contribution in [3.05, 3.63) is 54.6 Å². The van der Waals surface area contributed by atoms with Crippen molar-refractivity contribution in [2.45, 2.75) is 30.6 Å². The highest BCUT2D eigenvalue weighted by Crippen LogP contribution is 2.30. The number of anilines is 2. The van der Waals surface area contributed by atoms with E-state index in [9.17, 15) is 8.42 Å². The molecular formula is C26H33N5O3S. The molecule has 0 atom stereocenters. The number of benzene rings is 2. The van der Waals surface area contributed by atoms with Gasteiger partial charge < -0.3 is 15.0 Å². The number of fused-ring (bicyclic) bond motifs is 1. The van der Waals surface area contributed by atoms with E-state index in [0.717, 1.165) is 62.0 Å². The number of sulfonamides is 1. The number of morpholine rings is 1. The molecule has 3 aromatic rings. The summed E-state index contributed by atoms with van der Waals surface area (Å²) in [4.78, 5) is 12.2. The van der Waals surface area contributed by atoms with Crippen LogP contribution in [0.1, 0.15) is 25.7 Å². The molecule has 0 radical (unpaired) electrons. The van der Waals surface area contributed by atoms with Crippen LogP contribution < -0.4 is 14.9 Å². The molecule has 35 heavy (non-hydrogen) atoms. The number of aromatic nitrogens is 2. The van der Waals surface area contributed by atoms with Crippen LogP contribution in [0.4, 0.5) is 11.8 Å². The van der Waals surface area contributed by atoms with Crippen molar-refractivity contribution >= 4 is 32.7 Å². The molecule has 8 nitrogen and oxygen atoms in total. The average Bonchev–Trinajstić information content (AvgIpc) is 2.92. The third-order valence-corrected chi connectivity index (χ3v) is 8.46. The summed E-state index contributed by atoms with van der Waals surface area (Å²) in [6.45, 7) is 4.41. The van der Waals surface area contributed by atoms with Crippen LogP contribution in [0.15, 0.2) is 59.5 Å². The number of ether oxygens (including phenoxy) is 1. The molecule has 1 saturated heterocycles. The summed E-state index contributed by atoms with van der Waals surface area (Å²) in [5, 5.41) is 4.55. The van der Waals surface area contributed by atoms with Crippen LogP contribution >= 0.6 is 0 Å². The minimum Gasteiger partial charge on any atom is -0.378 e. The minimum absolute atomic E-state index is 0.324. The third kappa shape index (κ3) is 5.91. The molecule has 0 spiro atoms. The second kappa shape index (κ2) is 10.9. The van der Waals surface area contributed by atoms with E-state index in [0.29, 0.717) is 42.4 Å². The van der Waals surface area contributed by atoms with Gasteiger partial charge in [0.1, 0.15) is 5.82 Å². The molecule has 9 heteroatoms. The SMILES string of the molecule is O=S(=O)(NC[C@H]1CC[C@H](CNc2nc(N3CCOCC3)c3ccccc3n2)CC1)c1ccccc1. The van der Waals surface area contributed by atoms with Gasteiger partial charge in [-0.2, -0.15) is 4.98 Å². The van der Waals surface area contributed by atoms with Crippen molar-refractivity contribution in [2.75, 3.05) is 49.6 Å². The average molecular weight is 496 g/mol. The van der Waals surface area contributed by atoms with Crippen LogP contribution in [0.2, 0.25) is 0 Å². The van der Waals surface area contributed by atoms with Crippen LogP contribution in [0, 0.1) is 11.8 Å². The zero-order chi connectivity index (χ0) is 24.1. The Kier molecular flexibility index (Phi) is 7.46. The summed E-state index contributed by atoms with van der Waals surface area (Å²) in [7, 11) is -3.44. The third-order valence-electron chi connectivity index (χ3n) is 7.02. The van der Waals surface area contributed by atoms with Gasteiger partial charge in [-0.3, -0.25) is 0 Å². The first kappa shape index (κ1) is 24.0. The molecule has 2 aliphatic rings. The van der Waals surface area contributed by atoms with Crippen LogP contribution in [0.3, 0.4) is 0 Å².